The first kappa shape index (κ1) is 32.4. The number of anilines is 2. The lowest BCUT2D eigenvalue weighted by atomic mass is 10.0. The Bertz CT molecular complexity index is 2170. The summed E-state index contributed by atoms with van der Waals surface area (Å²) in [6, 6.07) is 46.5. The van der Waals surface area contributed by atoms with E-state index in [0.717, 1.165) is 51.2 Å². The molecule has 0 saturated carbocycles. The zero-order valence-corrected chi connectivity index (χ0v) is 28.9. The number of nitrogens with zero attached hydrogens (tertiary/aromatic N) is 4. The summed E-state index contributed by atoms with van der Waals surface area (Å²) >= 11 is 12.1. The molecule has 0 aromatic heterocycles. The SMILES string of the molecule is O=C(N=C1c2ccccc2CN1c1ccc(Cc2ccc(N3Cc4ccccc4C3=NC(=O)c3ccc(Cl)cc3)cc2)cc1)c1ccc(Cl)cc1. The van der Waals surface area contributed by atoms with Gasteiger partial charge in [-0.1, -0.05) is 96.0 Å². The third-order valence-corrected chi connectivity index (χ3v) is 9.69. The van der Waals surface area contributed by atoms with Crippen LogP contribution in [0, 0.1) is 0 Å². The number of rotatable bonds is 6. The Morgan fingerprint density at radius 2 is 0.863 bits per heavy atom. The lowest BCUT2D eigenvalue weighted by Crippen LogP contribution is -2.25. The Kier molecular flexibility index (Phi) is 8.78. The molecule has 6 nitrogen and oxygen atoms in total. The average Bonchev–Trinajstić information content (AvgIpc) is 3.71. The number of carbonyl (C=O) groups is 2. The molecule has 2 aliphatic heterocycles. The fourth-order valence-electron chi connectivity index (χ4n) is 6.53. The first-order valence-corrected chi connectivity index (χ1v) is 17.3. The van der Waals surface area contributed by atoms with E-state index in [4.69, 9.17) is 23.2 Å². The maximum Gasteiger partial charge on any atom is 0.278 e. The third-order valence-electron chi connectivity index (χ3n) is 9.19. The van der Waals surface area contributed by atoms with Gasteiger partial charge < -0.3 is 9.80 Å². The number of hydrogen-bond donors (Lipinski definition) is 0. The van der Waals surface area contributed by atoms with E-state index in [1.807, 2.05) is 36.4 Å². The van der Waals surface area contributed by atoms with Crippen molar-refractivity contribution in [2.75, 3.05) is 9.80 Å². The second-order valence-corrected chi connectivity index (χ2v) is 13.4. The van der Waals surface area contributed by atoms with Crippen molar-refractivity contribution >= 4 is 58.1 Å². The van der Waals surface area contributed by atoms with E-state index in [1.165, 1.54) is 0 Å². The molecule has 0 fully saturated rings. The smallest absolute Gasteiger partial charge is 0.278 e. The zero-order chi connectivity index (χ0) is 34.9. The summed E-state index contributed by atoms with van der Waals surface area (Å²) in [5.74, 6) is 0.645. The van der Waals surface area contributed by atoms with Crippen LogP contribution in [0.15, 0.2) is 156 Å². The van der Waals surface area contributed by atoms with Gasteiger partial charge in [-0.2, -0.15) is 9.98 Å². The molecule has 8 heteroatoms. The summed E-state index contributed by atoms with van der Waals surface area (Å²) in [5.41, 5.74) is 9.35. The molecular weight excluding hydrogens is 675 g/mol. The van der Waals surface area contributed by atoms with Crippen molar-refractivity contribution in [2.45, 2.75) is 19.5 Å². The molecule has 0 radical (unpaired) electrons. The summed E-state index contributed by atoms with van der Waals surface area (Å²) in [5, 5.41) is 1.14. The van der Waals surface area contributed by atoms with E-state index < -0.39 is 0 Å². The van der Waals surface area contributed by atoms with Crippen LogP contribution in [-0.4, -0.2) is 23.5 Å². The number of benzene rings is 6. The van der Waals surface area contributed by atoms with Crippen LogP contribution in [0.5, 0.6) is 0 Å². The molecular formula is C43H30Cl2N4O2. The molecule has 0 N–H and O–H groups in total. The summed E-state index contributed by atoms with van der Waals surface area (Å²) in [4.78, 5) is 39.7. The molecule has 0 atom stereocenters. The maximum absolute atomic E-state index is 13.2. The highest BCUT2D eigenvalue weighted by atomic mass is 35.5. The molecule has 6 aromatic rings. The highest BCUT2D eigenvalue weighted by Crippen LogP contribution is 2.32. The van der Waals surface area contributed by atoms with Gasteiger partial charge in [0.25, 0.3) is 11.8 Å². The fraction of sp³-hybridized carbons (Fsp3) is 0.0698. The van der Waals surface area contributed by atoms with Crippen LogP contribution >= 0.6 is 23.2 Å². The van der Waals surface area contributed by atoms with Crippen LogP contribution in [0.1, 0.15) is 54.1 Å². The Balaban J connectivity index is 1.00. The first-order chi connectivity index (χ1) is 24.9. The second-order valence-electron chi connectivity index (χ2n) is 12.5. The van der Waals surface area contributed by atoms with Crippen molar-refractivity contribution in [2.24, 2.45) is 9.98 Å². The van der Waals surface area contributed by atoms with Gasteiger partial charge in [-0.25, -0.2) is 0 Å². The van der Waals surface area contributed by atoms with Crippen molar-refractivity contribution in [3.8, 4) is 0 Å². The van der Waals surface area contributed by atoms with Crippen LogP contribution in [0.3, 0.4) is 0 Å². The van der Waals surface area contributed by atoms with E-state index in [0.29, 0.717) is 45.9 Å². The van der Waals surface area contributed by atoms with Gasteiger partial charge in [-0.05, 0) is 101 Å². The second kappa shape index (κ2) is 13.8. The Morgan fingerprint density at radius 3 is 1.25 bits per heavy atom. The van der Waals surface area contributed by atoms with Crippen molar-refractivity contribution in [3.63, 3.8) is 0 Å². The van der Waals surface area contributed by atoms with Gasteiger partial charge in [-0.15, -0.1) is 0 Å². The Hall–Kier alpha value is -5.82. The van der Waals surface area contributed by atoms with E-state index in [2.05, 4.69) is 80.4 Å². The number of halogens is 2. The van der Waals surface area contributed by atoms with E-state index in [9.17, 15) is 9.59 Å². The van der Waals surface area contributed by atoms with Crippen LogP contribution in [0.4, 0.5) is 11.4 Å². The lowest BCUT2D eigenvalue weighted by molar-refractivity contribution is 0.0994. The number of fused-ring (bicyclic) bond motifs is 2. The molecule has 248 valence electrons. The zero-order valence-electron chi connectivity index (χ0n) is 27.3. The number of carbonyl (C=O) groups excluding carboxylic acids is 2. The van der Waals surface area contributed by atoms with Gasteiger partial charge in [0, 0.05) is 43.7 Å². The molecule has 0 spiro atoms. The van der Waals surface area contributed by atoms with Gasteiger partial charge in [0.05, 0.1) is 13.1 Å². The third kappa shape index (κ3) is 6.72. The highest BCUT2D eigenvalue weighted by Gasteiger charge is 2.29. The average molecular weight is 706 g/mol. The summed E-state index contributed by atoms with van der Waals surface area (Å²) in [6.07, 6.45) is 0.743. The van der Waals surface area contributed by atoms with Gasteiger partial charge >= 0.3 is 0 Å². The summed E-state index contributed by atoms with van der Waals surface area (Å²) in [7, 11) is 0. The normalized spacial score (nSPS) is 14.9. The molecule has 0 aliphatic carbocycles. The summed E-state index contributed by atoms with van der Waals surface area (Å²) in [6.45, 7) is 1.25. The van der Waals surface area contributed by atoms with Gasteiger partial charge in [0.15, 0.2) is 0 Å². The van der Waals surface area contributed by atoms with Crippen molar-refractivity contribution < 1.29 is 9.59 Å². The molecule has 2 amide bonds. The first-order valence-electron chi connectivity index (χ1n) is 16.6. The molecule has 0 saturated heterocycles. The predicted molar refractivity (Wildman–Crippen MR) is 206 cm³/mol. The number of hydrogen-bond acceptors (Lipinski definition) is 2. The largest absolute Gasteiger partial charge is 0.321 e. The van der Waals surface area contributed by atoms with Crippen molar-refractivity contribution in [3.05, 3.63) is 200 Å². The standard InChI is InChI=1S/C43H30Cl2N4O2/c44-34-17-13-30(14-18-34)42(50)46-40-38-7-3-1-5-32(38)26-48(40)36-21-9-28(10-22-36)25-29-11-23-37(24-12-29)49-27-33-6-2-4-8-39(33)41(49)47-43(51)31-15-19-35(45)20-16-31/h1-24H,25-27H2. The Labute approximate surface area is 305 Å². The van der Waals surface area contributed by atoms with E-state index in [-0.39, 0.29) is 11.8 Å². The number of amides is 2. The van der Waals surface area contributed by atoms with Crippen LogP contribution < -0.4 is 9.80 Å². The fourth-order valence-corrected chi connectivity index (χ4v) is 6.78. The van der Waals surface area contributed by atoms with Crippen molar-refractivity contribution in [1.82, 2.24) is 0 Å². The van der Waals surface area contributed by atoms with E-state index in [1.54, 1.807) is 48.5 Å². The molecule has 6 aromatic carbocycles. The topological polar surface area (TPSA) is 65.3 Å². The highest BCUT2D eigenvalue weighted by molar-refractivity contribution is 6.31. The molecule has 2 aliphatic rings. The summed E-state index contributed by atoms with van der Waals surface area (Å²) < 4.78 is 0. The van der Waals surface area contributed by atoms with Crippen LogP contribution in [-0.2, 0) is 19.5 Å². The minimum atomic E-state index is -0.312. The van der Waals surface area contributed by atoms with Gasteiger partial charge in [0.1, 0.15) is 11.7 Å². The van der Waals surface area contributed by atoms with Gasteiger partial charge in [-0.3, -0.25) is 9.59 Å². The minimum absolute atomic E-state index is 0.312. The van der Waals surface area contributed by atoms with Crippen LogP contribution in [0.25, 0.3) is 0 Å². The van der Waals surface area contributed by atoms with Gasteiger partial charge in [0.2, 0.25) is 0 Å². The monoisotopic (exact) mass is 704 g/mol. The van der Waals surface area contributed by atoms with E-state index >= 15 is 0 Å². The number of aliphatic imine (C=N–C) groups is 2. The predicted octanol–water partition coefficient (Wildman–Crippen LogP) is 9.80. The molecule has 51 heavy (non-hydrogen) atoms. The maximum atomic E-state index is 13.2. The van der Waals surface area contributed by atoms with Crippen LogP contribution in [0.2, 0.25) is 10.0 Å². The quantitative estimate of drug-likeness (QED) is 0.173. The molecule has 8 rings (SSSR count). The molecule has 2 heterocycles. The number of amidine groups is 2. The van der Waals surface area contributed by atoms with Crippen molar-refractivity contribution in [1.29, 1.82) is 0 Å². The Morgan fingerprint density at radius 1 is 0.490 bits per heavy atom. The minimum Gasteiger partial charge on any atom is -0.321 e. The molecule has 0 bridgehead atoms. The molecule has 0 unspecified atom stereocenters. The lowest BCUT2D eigenvalue weighted by Gasteiger charge is -2.20.